The van der Waals surface area contributed by atoms with Gasteiger partial charge in [0.25, 0.3) is 5.91 Å². The lowest BCUT2D eigenvalue weighted by molar-refractivity contribution is -0.135. The molecule has 1 fully saturated rings. The number of amides is 2. The Bertz CT molecular complexity index is 679. The van der Waals surface area contributed by atoms with Crippen LogP contribution in [0.2, 0.25) is 10.0 Å². The molecule has 1 aromatic carbocycles. The highest BCUT2D eigenvalue weighted by molar-refractivity contribution is 6.36. The van der Waals surface area contributed by atoms with Crippen LogP contribution in [-0.2, 0) is 4.79 Å². The fourth-order valence-corrected chi connectivity index (χ4v) is 3.89. The molecular weight excluding hydrogens is 385 g/mol. The number of piperidine rings is 1. The van der Waals surface area contributed by atoms with Crippen molar-refractivity contribution in [3.63, 3.8) is 0 Å². The molecule has 1 aliphatic heterocycles. The molecule has 0 aromatic heterocycles. The first-order valence-electron chi connectivity index (χ1n) is 9.40. The van der Waals surface area contributed by atoms with Gasteiger partial charge in [0.05, 0.1) is 10.6 Å². The Balaban J connectivity index is 2.14. The summed E-state index contributed by atoms with van der Waals surface area (Å²) in [5.41, 5.74) is 0.326. The van der Waals surface area contributed by atoms with Crippen molar-refractivity contribution in [3.8, 4) is 0 Å². The molecule has 0 spiro atoms. The van der Waals surface area contributed by atoms with E-state index in [9.17, 15) is 9.59 Å². The molecule has 0 aliphatic carbocycles. The highest BCUT2D eigenvalue weighted by Gasteiger charge is 2.31. The number of rotatable bonds is 6. The highest BCUT2D eigenvalue weighted by Crippen LogP contribution is 2.22. The van der Waals surface area contributed by atoms with E-state index in [0.29, 0.717) is 29.6 Å². The van der Waals surface area contributed by atoms with Gasteiger partial charge in [0.15, 0.2) is 0 Å². The Labute approximate surface area is 172 Å². The van der Waals surface area contributed by atoms with Crippen LogP contribution >= 0.6 is 23.2 Å². The number of nitrogens with one attached hydrogen (secondary N) is 1. The number of hydrogen-bond acceptors (Lipinski definition) is 3. The first-order chi connectivity index (χ1) is 12.7. The zero-order chi connectivity index (χ0) is 20.1. The van der Waals surface area contributed by atoms with E-state index in [1.54, 1.807) is 12.1 Å². The molecule has 1 heterocycles. The van der Waals surface area contributed by atoms with Gasteiger partial charge in [-0.1, -0.05) is 37.0 Å². The second-order valence-corrected chi connectivity index (χ2v) is 8.67. The SMILES string of the molecule is CC(C)CC(NC(=O)c1ccc(Cl)cc1Cl)C(=O)N1CCCC(N(C)C)C1. The van der Waals surface area contributed by atoms with Crippen molar-refractivity contribution in [3.05, 3.63) is 33.8 Å². The second kappa shape index (κ2) is 9.76. The fourth-order valence-electron chi connectivity index (χ4n) is 3.40. The summed E-state index contributed by atoms with van der Waals surface area (Å²) in [6, 6.07) is 4.52. The summed E-state index contributed by atoms with van der Waals surface area (Å²) in [7, 11) is 4.07. The molecule has 0 radical (unpaired) electrons. The van der Waals surface area contributed by atoms with Gasteiger partial charge < -0.3 is 15.1 Å². The molecule has 1 N–H and O–H groups in total. The molecule has 1 saturated heterocycles. The van der Waals surface area contributed by atoms with Crippen molar-refractivity contribution < 1.29 is 9.59 Å². The number of likely N-dealkylation sites (tertiary alicyclic amines) is 1. The predicted molar refractivity (Wildman–Crippen MR) is 110 cm³/mol. The van der Waals surface area contributed by atoms with Crippen LogP contribution in [0.3, 0.4) is 0 Å². The van der Waals surface area contributed by atoms with Gasteiger partial charge in [0.1, 0.15) is 6.04 Å². The molecule has 2 atom stereocenters. The molecule has 27 heavy (non-hydrogen) atoms. The predicted octanol–water partition coefficient (Wildman–Crippen LogP) is 3.69. The lowest BCUT2D eigenvalue weighted by Crippen LogP contribution is -2.54. The van der Waals surface area contributed by atoms with E-state index in [4.69, 9.17) is 23.2 Å². The minimum Gasteiger partial charge on any atom is -0.340 e. The number of carbonyl (C=O) groups excluding carboxylic acids is 2. The van der Waals surface area contributed by atoms with Crippen molar-refractivity contribution in [1.82, 2.24) is 15.1 Å². The molecule has 150 valence electrons. The number of carbonyl (C=O) groups is 2. The minimum atomic E-state index is -0.565. The normalized spacial score (nSPS) is 18.7. The molecule has 1 aromatic rings. The summed E-state index contributed by atoms with van der Waals surface area (Å²) in [6.07, 6.45) is 2.64. The number of likely N-dealkylation sites (N-methyl/N-ethyl adjacent to an activating group) is 1. The van der Waals surface area contributed by atoms with Gasteiger partial charge in [0.2, 0.25) is 5.91 Å². The van der Waals surface area contributed by atoms with Crippen LogP contribution in [0.25, 0.3) is 0 Å². The summed E-state index contributed by atoms with van der Waals surface area (Å²) in [6.45, 7) is 5.51. The minimum absolute atomic E-state index is 0.0197. The molecule has 2 amide bonds. The topological polar surface area (TPSA) is 52.7 Å². The largest absolute Gasteiger partial charge is 0.340 e. The van der Waals surface area contributed by atoms with Crippen molar-refractivity contribution in [1.29, 1.82) is 0 Å². The first kappa shape index (κ1) is 22.0. The number of nitrogens with zero attached hydrogens (tertiary/aromatic N) is 2. The second-order valence-electron chi connectivity index (χ2n) is 7.82. The lowest BCUT2D eigenvalue weighted by atomic mass is 9.99. The fraction of sp³-hybridized carbons (Fsp3) is 0.600. The molecule has 0 bridgehead atoms. The molecule has 2 unspecified atom stereocenters. The Kier molecular flexibility index (Phi) is 7.95. The molecular formula is C20H29Cl2N3O2. The average molecular weight is 414 g/mol. The van der Waals surface area contributed by atoms with Crippen LogP contribution in [0.4, 0.5) is 0 Å². The Morgan fingerprint density at radius 3 is 2.59 bits per heavy atom. The van der Waals surface area contributed by atoms with Crippen LogP contribution in [-0.4, -0.2) is 60.9 Å². The summed E-state index contributed by atoms with van der Waals surface area (Å²) in [5.74, 6) is -0.0973. The van der Waals surface area contributed by atoms with Gasteiger partial charge in [-0.25, -0.2) is 0 Å². The summed E-state index contributed by atoms with van der Waals surface area (Å²) >= 11 is 12.1. The van der Waals surface area contributed by atoms with Crippen molar-refractivity contribution in [2.24, 2.45) is 5.92 Å². The third kappa shape index (κ3) is 6.09. The quantitative estimate of drug-likeness (QED) is 0.773. The van der Waals surface area contributed by atoms with Crippen LogP contribution < -0.4 is 5.32 Å². The third-order valence-corrected chi connectivity index (χ3v) is 5.47. The maximum absolute atomic E-state index is 13.1. The Hall–Kier alpha value is -1.30. The van der Waals surface area contributed by atoms with E-state index in [2.05, 4.69) is 10.2 Å². The van der Waals surface area contributed by atoms with Crippen molar-refractivity contribution in [2.75, 3.05) is 27.2 Å². The van der Waals surface area contributed by atoms with Gasteiger partial charge in [0, 0.05) is 24.2 Å². The first-order valence-corrected chi connectivity index (χ1v) is 10.2. The standard InChI is InChI=1S/C20H29Cl2N3O2/c1-13(2)10-18(20(27)25-9-5-6-15(12-25)24(3)4)23-19(26)16-8-7-14(21)11-17(16)22/h7-8,11,13,15,18H,5-6,9-10,12H2,1-4H3,(H,23,26). The van der Waals surface area contributed by atoms with E-state index in [1.165, 1.54) is 6.07 Å². The molecule has 2 rings (SSSR count). The summed E-state index contributed by atoms with van der Waals surface area (Å²) in [5, 5.41) is 3.64. The number of benzene rings is 1. The number of halogens is 2. The Morgan fingerprint density at radius 2 is 2.00 bits per heavy atom. The maximum Gasteiger partial charge on any atom is 0.253 e. The van der Waals surface area contributed by atoms with Gasteiger partial charge in [-0.2, -0.15) is 0 Å². The van der Waals surface area contributed by atoms with E-state index in [0.717, 1.165) is 19.4 Å². The zero-order valence-corrected chi connectivity index (χ0v) is 18.0. The van der Waals surface area contributed by atoms with E-state index < -0.39 is 6.04 Å². The molecule has 1 aliphatic rings. The van der Waals surface area contributed by atoms with E-state index in [-0.39, 0.29) is 22.8 Å². The molecule has 7 heteroatoms. The highest BCUT2D eigenvalue weighted by atomic mass is 35.5. The Morgan fingerprint density at radius 1 is 1.30 bits per heavy atom. The lowest BCUT2D eigenvalue weighted by Gasteiger charge is -2.38. The van der Waals surface area contributed by atoms with Crippen molar-refractivity contribution >= 4 is 35.0 Å². The van der Waals surface area contributed by atoms with Crippen LogP contribution in [0.15, 0.2) is 18.2 Å². The van der Waals surface area contributed by atoms with Crippen LogP contribution in [0.5, 0.6) is 0 Å². The monoisotopic (exact) mass is 413 g/mol. The maximum atomic E-state index is 13.1. The summed E-state index contributed by atoms with van der Waals surface area (Å²) < 4.78 is 0. The van der Waals surface area contributed by atoms with Crippen LogP contribution in [0, 0.1) is 5.92 Å². The molecule has 0 saturated carbocycles. The van der Waals surface area contributed by atoms with Gasteiger partial charge in [-0.3, -0.25) is 9.59 Å². The van der Waals surface area contributed by atoms with Gasteiger partial charge >= 0.3 is 0 Å². The van der Waals surface area contributed by atoms with Gasteiger partial charge in [-0.15, -0.1) is 0 Å². The zero-order valence-electron chi connectivity index (χ0n) is 16.5. The van der Waals surface area contributed by atoms with Gasteiger partial charge in [-0.05, 0) is 57.5 Å². The molecule has 5 nitrogen and oxygen atoms in total. The third-order valence-electron chi connectivity index (χ3n) is 4.92. The smallest absolute Gasteiger partial charge is 0.253 e. The van der Waals surface area contributed by atoms with Crippen LogP contribution in [0.1, 0.15) is 43.5 Å². The van der Waals surface area contributed by atoms with E-state index >= 15 is 0 Å². The number of hydrogen-bond donors (Lipinski definition) is 1. The van der Waals surface area contributed by atoms with Crippen molar-refractivity contribution in [2.45, 2.75) is 45.2 Å². The average Bonchev–Trinajstić information content (AvgIpc) is 2.60. The summed E-state index contributed by atoms with van der Waals surface area (Å²) in [4.78, 5) is 29.9. The van der Waals surface area contributed by atoms with E-state index in [1.807, 2.05) is 32.8 Å².